The Morgan fingerprint density at radius 3 is 2.36 bits per heavy atom. The van der Waals surface area contributed by atoms with Gasteiger partial charge in [0.15, 0.2) is 5.17 Å². The molecule has 0 bridgehead atoms. The van der Waals surface area contributed by atoms with Gasteiger partial charge in [-0.05, 0) is 0 Å². The molecule has 0 rings (SSSR count). The lowest BCUT2D eigenvalue weighted by Crippen LogP contribution is -3.00. The molecular weight excluding hydrogens is 186 g/mol. The smallest absolute Gasteiger partial charge is 0.221 e. The second-order valence-electron chi connectivity index (χ2n) is 1.98. The summed E-state index contributed by atoms with van der Waals surface area (Å²) < 4.78 is 0. The molecule has 0 spiro atoms. The van der Waals surface area contributed by atoms with Gasteiger partial charge in [0.25, 0.3) is 0 Å². The summed E-state index contributed by atoms with van der Waals surface area (Å²) in [5.41, 5.74) is 9.99. The number of primary amides is 1. The topological polar surface area (TPSA) is 93.0 Å². The SMILES string of the molecule is CC(CSC(=N)N)C(N)=O.[Cl-]. The van der Waals surface area contributed by atoms with Crippen LogP contribution in [0, 0.1) is 11.3 Å². The molecule has 11 heavy (non-hydrogen) atoms. The molecule has 0 radical (unpaired) electrons. The molecule has 66 valence electrons. The molecule has 6 heteroatoms. The lowest BCUT2D eigenvalue weighted by atomic mass is 10.2. The van der Waals surface area contributed by atoms with E-state index in [2.05, 4.69) is 0 Å². The van der Waals surface area contributed by atoms with Crippen molar-refractivity contribution in [3.63, 3.8) is 0 Å². The number of halogens is 1. The van der Waals surface area contributed by atoms with E-state index in [0.29, 0.717) is 5.75 Å². The Hall–Kier alpha value is -0.420. The van der Waals surface area contributed by atoms with E-state index >= 15 is 0 Å². The lowest BCUT2D eigenvalue weighted by molar-refractivity contribution is -0.120. The van der Waals surface area contributed by atoms with E-state index in [1.54, 1.807) is 6.92 Å². The van der Waals surface area contributed by atoms with E-state index in [4.69, 9.17) is 16.9 Å². The highest BCUT2D eigenvalue weighted by Gasteiger charge is 2.08. The van der Waals surface area contributed by atoms with E-state index in [0.717, 1.165) is 11.8 Å². The molecule has 1 atom stereocenters. The maximum atomic E-state index is 10.4. The zero-order chi connectivity index (χ0) is 8.15. The van der Waals surface area contributed by atoms with Crippen LogP contribution in [0.5, 0.6) is 0 Å². The van der Waals surface area contributed by atoms with Crippen molar-refractivity contribution in [1.82, 2.24) is 0 Å². The minimum absolute atomic E-state index is 0. The van der Waals surface area contributed by atoms with Crippen LogP contribution < -0.4 is 23.9 Å². The van der Waals surface area contributed by atoms with Crippen LogP contribution in [0.25, 0.3) is 0 Å². The van der Waals surface area contributed by atoms with E-state index in [9.17, 15) is 4.79 Å². The van der Waals surface area contributed by atoms with Gasteiger partial charge in [-0.25, -0.2) is 0 Å². The highest BCUT2D eigenvalue weighted by molar-refractivity contribution is 8.13. The van der Waals surface area contributed by atoms with Gasteiger partial charge in [0.2, 0.25) is 5.91 Å². The number of amides is 1. The van der Waals surface area contributed by atoms with Gasteiger partial charge in [-0.3, -0.25) is 10.2 Å². The van der Waals surface area contributed by atoms with Crippen molar-refractivity contribution in [2.75, 3.05) is 5.75 Å². The van der Waals surface area contributed by atoms with Crippen molar-refractivity contribution < 1.29 is 17.2 Å². The molecule has 1 amide bonds. The largest absolute Gasteiger partial charge is 1.00 e. The summed E-state index contributed by atoms with van der Waals surface area (Å²) in [5, 5.41) is 6.84. The first-order valence-corrected chi connectivity index (χ1v) is 3.78. The van der Waals surface area contributed by atoms with Gasteiger partial charge >= 0.3 is 0 Å². The first kappa shape index (κ1) is 13.2. The molecule has 0 aromatic heterocycles. The van der Waals surface area contributed by atoms with Gasteiger partial charge in [0.05, 0.1) is 0 Å². The first-order valence-electron chi connectivity index (χ1n) is 2.80. The third kappa shape index (κ3) is 7.48. The van der Waals surface area contributed by atoms with Crippen molar-refractivity contribution in [3.8, 4) is 0 Å². The number of rotatable bonds is 3. The van der Waals surface area contributed by atoms with Crippen molar-refractivity contribution in [2.45, 2.75) is 6.92 Å². The molecule has 0 heterocycles. The maximum absolute atomic E-state index is 10.4. The van der Waals surface area contributed by atoms with Crippen LogP contribution in [0.1, 0.15) is 6.92 Å². The average molecular weight is 197 g/mol. The number of amidine groups is 1. The fourth-order valence-electron chi connectivity index (χ4n) is 0.297. The number of hydrogen-bond acceptors (Lipinski definition) is 3. The number of thioether (sulfide) groups is 1. The van der Waals surface area contributed by atoms with Crippen LogP contribution in [0.4, 0.5) is 0 Å². The number of hydrogen-bond donors (Lipinski definition) is 3. The predicted molar refractivity (Wildman–Crippen MR) is 42.7 cm³/mol. The summed E-state index contributed by atoms with van der Waals surface area (Å²) in [6, 6.07) is 0. The molecule has 0 fully saturated rings. The number of carbonyl (C=O) groups is 1. The van der Waals surface area contributed by atoms with Crippen LogP contribution in [0.15, 0.2) is 0 Å². The first-order chi connectivity index (χ1) is 4.54. The van der Waals surface area contributed by atoms with E-state index < -0.39 is 0 Å². The number of nitrogens with one attached hydrogen (secondary N) is 1. The standard InChI is InChI=1S/C5H11N3OS.ClH/c1-3(4(6)9)2-10-5(7)8;/h3H,2H2,1H3,(H2,6,9)(H3,7,8);1H/p-1. The third-order valence-corrected chi connectivity index (χ3v) is 1.95. The average Bonchev–Trinajstić information content (AvgIpc) is 1.82. The molecular formula is C5H11ClN3OS-. The van der Waals surface area contributed by atoms with Crippen molar-refractivity contribution in [3.05, 3.63) is 0 Å². The normalized spacial score (nSPS) is 11.4. The Balaban J connectivity index is 0. The Bertz CT molecular complexity index is 153. The Labute approximate surface area is 76.0 Å². The second-order valence-corrected chi connectivity index (χ2v) is 3.04. The summed E-state index contributed by atoms with van der Waals surface area (Å²) in [7, 11) is 0. The third-order valence-electron chi connectivity index (χ3n) is 0.975. The molecule has 0 aliphatic carbocycles. The highest BCUT2D eigenvalue weighted by Crippen LogP contribution is 2.05. The predicted octanol–water partition coefficient (Wildman–Crippen LogP) is -3.26. The van der Waals surface area contributed by atoms with E-state index in [-0.39, 0.29) is 29.4 Å². The summed E-state index contributed by atoms with van der Waals surface area (Å²) in [6.45, 7) is 1.71. The molecule has 0 aromatic carbocycles. The minimum atomic E-state index is -0.353. The summed E-state index contributed by atoms with van der Waals surface area (Å²) in [5.74, 6) is -0.0762. The molecule has 0 aliphatic heterocycles. The number of nitrogens with two attached hydrogens (primary N) is 2. The van der Waals surface area contributed by atoms with Crippen LogP contribution in [-0.2, 0) is 4.79 Å². The summed E-state index contributed by atoms with van der Waals surface area (Å²) in [6.07, 6.45) is 0. The molecule has 0 aliphatic rings. The van der Waals surface area contributed by atoms with Crippen molar-refractivity contribution in [1.29, 1.82) is 5.41 Å². The maximum Gasteiger partial charge on any atom is 0.221 e. The van der Waals surface area contributed by atoms with Gasteiger partial charge < -0.3 is 23.9 Å². The summed E-state index contributed by atoms with van der Waals surface area (Å²) in [4.78, 5) is 10.4. The monoisotopic (exact) mass is 196 g/mol. The van der Waals surface area contributed by atoms with Crippen LogP contribution in [-0.4, -0.2) is 16.8 Å². The van der Waals surface area contributed by atoms with Crippen LogP contribution in [0.3, 0.4) is 0 Å². The summed E-state index contributed by atoms with van der Waals surface area (Å²) >= 11 is 1.13. The molecule has 4 nitrogen and oxygen atoms in total. The molecule has 1 unspecified atom stereocenters. The molecule has 5 N–H and O–H groups in total. The van der Waals surface area contributed by atoms with E-state index in [1.165, 1.54) is 0 Å². The minimum Gasteiger partial charge on any atom is -1.00 e. The zero-order valence-electron chi connectivity index (χ0n) is 6.13. The Kier molecular flexibility index (Phi) is 7.55. The van der Waals surface area contributed by atoms with Gasteiger partial charge in [-0.15, -0.1) is 0 Å². The molecule has 0 saturated heterocycles. The Morgan fingerprint density at radius 1 is 1.64 bits per heavy atom. The molecule has 0 saturated carbocycles. The van der Waals surface area contributed by atoms with Crippen LogP contribution >= 0.6 is 11.8 Å². The van der Waals surface area contributed by atoms with Gasteiger partial charge in [0.1, 0.15) is 0 Å². The quantitative estimate of drug-likeness (QED) is 0.327. The lowest BCUT2D eigenvalue weighted by Gasteiger charge is -2.03. The fraction of sp³-hybridized carbons (Fsp3) is 0.600. The zero-order valence-corrected chi connectivity index (χ0v) is 7.71. The van der Waals surface area contributed by atoms with Crippen molar-refractivity contribution in [2.24, 2.45) is 17.4 Å². The van der Waals surface area contributed by atoms with Gasteiger partial charge in [0, 0.05) is 11.7 Å². The van der Waals surface area contributed by atoms with E-state index in [1.807, 2.05) is 0 Å². The second kappa shape index (κ2) is 6.30. The van der Waals surface area contributed by atoms with Crippen molar-refractivity contribution >= 4 is 22.8 Å². The van der Waals surface area contributed by atoms with Gasteiger partial charge in [-0.2, -0.15) is 0 Å². The highest BCUT2D eigenvalue weighted by atomic mass is 35.5. The Morgan fingerprint density at radius 2 is 2.09 bits per heavy atom. The number of carbonyl (C=O) groups excluding carboxylic acids is 1. The van der Waals surface area contributed by atoms with Gasteiger partial charge in [-0.1, -0.05) is 18.7 Å². The molecule has 0 aromatic rings. The fourth-order valence-corrected chi connectivity index (χ4v) is 0.891. The van der Waals surface area contributed by atoms with Crippen LogP contribution in [0.2, 0.25) is 0 Å².